The average molecular weight is 474 g/mol. The molecule has 1 amide bonds. The van der Waals surface area contributed by atoms with Crippen LogP contribution in [-0.2, 0) is 11.6 Å². The van der Waals surface area contributed by atoms with Crippen molar-refractivity contribution in [1.29, 1.82) is 5.26 Å². The third-order valence-corrected chi connectivity index (χ3v) is 5.20. The Kier molecular flexibility index (Phi) is 6.70. The summed E-state index contributed by atoms with van der Waals surface area (Å²) in [6.07, 6.45) is -0.331. The normalized spacial score (nSPS) is 12.7. The van der Waals surface area contributed by atoms with Crippen molar-refractivity contribution in [3.63, 3.8) is 0 Å². The van der Waals surface area contributed by atoms with Gasteiger partial charge in [0, 0.05) is 24.2 Å². The van der Waals surface area contributed by atoms with Crippen LogP contribution in [0.15, 0.2) is 48.9 Å². The van der Waals surface area contributed by atoms with Gasteiger partial charge in [0.05, 0.1) is 39.5 Å². The van der Waals surface area contributed by atoms with E-state index in [2.05, 4.69) is 20.3 Å². The van der Waals surface area contributed by atoms with Crippen LogP contribution in [-0.4, -0.2) is 20.9 Å². The number of benzene rings is 1. The number of hydrogen-bond acceptors (Lipinski definition) is 5. The van der Waals surface area contributed by atoms with Crippen LogP contribution < -0.4 is 5.32 Å². The highest BCUT2D eigenvalue weighted by Crippen LogP contribution is 2.34. The first-order valence-corrected chi connectivity index (χ1v) is 10.2. The van der Waals surface area contributed by atoms with Gasteiger partial charge in [-0.15, -0.1) is 0 Å². The van der Waals surface area contributed by atoms with Crippen LogP contribution in [0.3, 0.4) is 0 Å². The maximum absolute atomic E-state index is 13.5. The Morgan fingerprint density at radius 1 is 1.09 bits per heavy atom. The summed E-state index contributed by atoms with van der Waals surface area (Å²) in [5.74, 6) is -0.746. The molecule has 0 spiro atoms. The van der Waals surface area contributed by atoms with Gasteiger partial charge in [0.1, 0.15) is 5.69 Å². The van der Waals surface area contributed by atoms with Crippen LogP contribution in [0.4, 0.5) is 13.2 Å². The third-order valence-electron chi connectivity index (χ3n) is 4.98. The lowest BCUT2D eigenvalue weighted by Crippen LogP contribution is -2.29. The SMILES string of the molecule is CC(NC(=O)c1cc(C(F)(F)F)cc(C(C)(C)C#N)c1)c1nccnc1-c1ccc(Cl)cn1. The van der Waals surface area contributed by atoms with E-state index in [1.54, 1.807) is 19.1 Å². The van der Waals surface area contributed by atoms with Crippen LogP contribution in [0.2, 0.25) is 5.02 Å². The second-order valence-corrected chi connectivity index (χ2v) is 8.32. The van der Waals surface area contributed by atoms with E-state index >= 15 is 0 Å². The number of carbonyl (C=O) groups is 1. The van der Waals surface area contributed by atoms with Crippen LogP contribution in [0.5, 0.6) is 0 Å². The fourth-order valence-electron chi connectivity index (χ4n) is 3.07. The monoisotopic (exact) mass is 473 g/mol. The Bertz CT molecular complexity index is 1220. The van der Waals surface area contributed by atoms with Gasteiger partial charge in [-0.2, -0.15) is 18.4 Å². The molecule has 2 heterocycles. The Labute approximate surface area is 193 Å². The van der Waals surface area contributed by atoms with Crippen molar-refractivity contribution in [3.05, 3.63) is 76.3 Å². The molecule has 33 heavy (non-hydrogen) atoms. The number of rotatable bonds is 5. The number of nitrogens with one attached hydrogen (secondary N) is 1. The number of hydrogen-bond donors (Lipinski definition) is 1. The van der Waals surface area contributed by atoms with E-state index in [1.807, 2.05) is 6.07 Å². The molecule has 0 saturated heterocycles. The summed E-state index contributed by atoms with van der Waals surface area (Å²) in [6, 6.07) is 7.47. The molecular formula is C23H19ClF3N5O. The number of alkyl halides is 3. The van der Waals surface area contributed by atoms with E-state index in [-0.39, 0.29) is 11.1 Å². The van der Waals surface area contributed by atoms with Crippen LogP contribution in [0, 0.1) is 11.3 Å². The van der Waals surface area contributed by atoms with E-state index < -0.39 is 29.1 Å². The highest BCUT2D eigenvalue weighted by molar-refractivity contribution is 6.30. The zero-order chi connectivity index (χ0) is 24.4. The standard InChI is InChI=1S/C23H19ClF3N5O/c1-13(19-20(30-7-6-29-19)18-5-4-17(24)11-31-18)32-21(33)14-8-15(22(2,3)12-28)10-16(9-14)23(25,26)27/h4-11,13H,1-3H3,(H,32,33). The van der Waals surface area contributed by atoms with Crippen molar-refractivity contribution < 1.29 is 18.0 Å². The van der Waals surface area contributed by atoms with Gasteiger partial charge >= 0.3 is 6.18 Å². The predicted molar refractivity (Wildman–Crippen MR) is 116 cm³/mol. The largest absolute Gasteiger partial charge is 0.416 e. The molecule has 1 atom stereocenters. The summed E-state index contributed by atoms with van der Waals surface area (Å²) in [5, 5.41) is 12.5. The average Bonchev–Trinajstić information content (AvgIpc) is 2.78. The number of amides is 1. The fourth-order valence-corrected chi connectivity index (χ4v) is 3.19. The second kappa shape index (κ2) is 9.16. The van der Waals surface area contributed by atoms with Crippen LogP contribution in [0.1, 0.15) is 54.0 Å². The van der Waals surface area contributed by atoms with Crippen molar-refractivity contribution in [2.75, 3.05) is 0 Å². The van der Waals surface area contributed by atoms with Crippen LogP contribution in [0.25, 0.3) is 11.4 Å². The number of halogens is 4. The minimum atomic E-state index is -4.68. The molecule has 0 saturated carbocycles. The molecule has 0 aliphatic heterocycles. The zero-order valence-corrected chi connectivity index (χ0v) is 18.7. The number of carbonyl (C=O) groups excluding carboxylic acids is 1. The van der Waals surface area contributed by atoms with Crippen molar-refractivity contribution in [2.45, 2.75) is 38.4 Å². The summed E-state index contributed by atoms with van der Waals surface area (Å²) < 4.78 is 40.4. The topological polar surface area (TPSA) is 91.6 Å². The van der Waals surface area contributed by atoms with Gasteiger partial charge in [0.15, 0.2) is 0 Å². The molecule has 0 bridgehead atoms. The van der Waals surface area contributed by atoms with Crippen LogP contribution >= 0.6 is 11.6 Å². The molecule has 1 aromatic carbocycles. The zero-order valence-electron chi connectivity index (χ0n) is 17.9. The van der Waals surface area contributed by atoms with E-state index in [9.17, 15) is 23.2 Å². The van der Waals surface area contributed by atoms with E-state index in [4.69, 9.17) is 11.6 Å². The molecule has 170 valence electrons. The fraction of sp³-hybridized carbons (Fsp3) is 0.261. The van der Waals surface area contributed by atoms with Gasteiger partial charge < -0.3 is 5.32 Å². The van der Waals surface area contributed by atoms with Crippen molar-refractivity contribution in [2.24, 2.45) is 0 Å². The number of pyridine rings is 1. The van der Waals surface area contributed by atoms with E-state index in [0.29, 0.717) is 22.1 Å². The van der Waals surface area contributed by atoms with Gasteiger partial charge in [-0.1, -0.05) is 11.6 Å². The molecule has 3 rings (SSSR count). The smallest absolute Gasteiger partial charge is 0.344 e. The molecular weight excluding hydrogens is 455 g/mol. The van der Waals surface area contributed by atoms with Crippen molar-refractivity contribution in [1.82, 2.24) is 20.3 Å². The van der Waals surface area contributed by atoms with E-state index in [1.165, 1.54) is 38.5 Å². The molecule has 0 aliphatic carbocycles. The molecule has 0 radical (unpaired) electrons. The summed E-state index contributed by atoms with van der Waals surface area (Å²) >= 11 is 5.88. The third kappa shape index (κ3) is 5.46. The first-order valence-electron chi connectivity index (χ1n) is 9.80. The van der Waals surface area contributed by atoms with Gasteiger partial charge in [-0.05, 0) is 56.7 Å². The Morgan fingerprint density at radius 2 is 1.76 bits per heavy atom. The number of nitrogens with zero attached hydrogens (tertiary/aromatic N) is 4. The highest BCUT2D eigenvalue weighted by Gasteiger charge is 2.34. The minimum Gasteiger partial charge on any atom is -0.344 e. The summed E-state index contributed by atoms with van der Waals surface area (Å²) in [6.45, 7) is 4.60. The highest BCUT2D eigenvalue weighted by atomic mass is 35.5. The molecule has 6 nitrogen and oxygen atoms in total. The molecule has 10 heteroatoms. The second-order valence-electron chi connectivity index (χ2n) is 7.88. The lowest BCUT2D eigenvalue weighted by Gasteiger charge is -2.20. The molecule has 0 aliphatic rings. The molecule has 1 N–H and O–H groups in total. The van der Waals surface area contributed by atoms with Crippen molar-refractivity contribution in [3.8, 4) is 17.5 Å². The van der Waals surface area contributed by atoms with Gasteiger partial charge in [0.25, 0.3) is 5.91 Å². The molecule has 3 aromatic rings. The van der Waals surface area contributed by atoms with E-state index in [0.717, 1.165) is 12.1 Å². The first kappa shape index (κ1) is 24.1. The number of nitriles is 1. The van der Waals surface area contributed by atoms with Gasteiger partial charge in [-0.3, -0.25) is 19.7 Å². The summed E-state index contributed by atoms with van der Waals surface area (Å²) in [4.78, 5) is 25.7. The molecule has 2 aromatic heterocycles. The number of aromatic nitrogens is 3. The predicted octanol–water partition coefficient (Wildman–Crippen LogP) is 5.50. The quantitative estimate of drug-likeness (QED) is 0.528. The Balaban J connectivity index is 1.96. The maximum atomic E-state index is 13.5. The van der Waals surface area contributed by atoms with Crippen molar-refractivity contribution >= 4 is 17.5 Å². The lowest BCUT2D eigenvalue weighted by molar-refractivity contribution is -0.137. The Morgan fingerprint density at radius 3 is 2.36 bits per heavy atom. The van der Waals surface area contributed by atoms with Gasteiger partial charge in [-0.25, -0.2) is 0 Å². The molecule has 0 fully saturated rings. The molecule has 1 unspecified atom stereocenters. The summed E-state index contributed by atoms with van der Waals surface area (Å²) in [7, 11) is 0. The first-order chi connectivity index (χ1) is 15.4. The van der Waals surface area contributed by atoms with Gasteiger partial charge in [0.2, 0.25) is 0 Å². The minimum absolute atomic E-state index is 0.0863. The Hall–Kier alpha value is -3.51. The summed E-state index contributed by atoms with van der Waals surface area (Å²) in [5.41, 5.74) is -1.11. The lowest BCUT2D eigenvalue weighted by atomic mass is 9.84. The maximum Gasteiger partial charge on any atom is 0.416 e.